The van der Waals surface area contributed by atoms with Gasteiger partial charge in [-0.2, -0.15) is 0 Å². The van der Waals surface area contributed by atoms with Crippen molar-refractivity contribution in [2.24, 2.45) is 5.92 Å². The molecule has 0 bridgehead atoms. The first-order valence-electron chi connectivity index (χ1n) is 19.3. The molecule has 0 spiro atoms. The third kappa shape index (κ3) is 11.3. The van der Waals surface area contributed by atoms with Gasteiger partial charge in [0, 0.05) is 0 Å². The number of carbonyl (C=O) groups excluding carboxylic acids is 4. The standard InChI is InChI=1S/C45H48O10S/c1-2-56-45-40(55-43(48)35-26-16-7-17-27-35)39(52-36(28-31-18-8-3-9-19-31)44(49)50-29-32-20-10-4-11-21-32)38(54-42(47)34-24-14-6-15-25-34)37(53-45)30-51-41(46)33-22-12-5-13-23-33/h4-7,10-17,20-27,31,36-40,45H,2-3,8-9,18-19,28-30H2,1H3/t36-,37?,38-,39?,40?,45?/m0/s1. The molecule has 56 heavy (non-hydrogen) atoms. The quantitative estimate of drug-likeness (QED) is 0.0807. The molecule has 0 amide bonds. The van der Waals surface area contributed by atoms with Crippen LogP contribution in [0.1, 0.15) is 82.1 Å². The molecule has 2 fully saturated rings. The number of hydrogen-bond donors (Lipinski definition) is 0. The first-order valence-corrected chi connectivity index (χ1v) is 20.3. The summed E-state index contributed by atoms with van der Waals surface area (Å²) in [5.41, 5.74) is 0.837. The average molecular weight is 781 g/mol. The molecule has 11 heteroatoms. The Labute approximate surface area is 332 Å². The molecule has 4 aromatic carbocycles. The molecule has 6 rings (SSSR count). The molecule has 1 saturated heterocycles. The van der Waals surface area contributed by atoms with Crippen LogP contribution in [0.2, 0.25) is 0 Å². The van der Waals surface area contributed by atoms with Gasteiger partial charge in [-0.3, -0.25) is 0 Å². The molecule has 6 atom stereocenters. The maximum absolute atomic E-state index is 14.2. The van der Waals surface area contributed by atoms with E-state index >= 15 is 0 Å². The second-order valence-electron chi connectivity index (χ2n) is 13.9. The van der Waals surface area contributed by atoms with Crippen molar-refractivity contribution in [3.8, 4) is 0 Å². The fourth-order valence-electron chi connectivity index (χ4n) is 7.02. The van der Waals surface area contributed by atoms with Crippen molar-refractivity contribution >= 4 is 35.6 Å². The van der Waals surface area contributed by atoms with Crippen LogP contribution in [0.4, 0.5) is 0 Å². The molecule has 294 valence electrons. The molecule has 1 aliphatic carbocycles. The molecular weight excluding hydrogens is 733 g/mol. The van der Waals surface area contributed by atoms with Crippen LogP contribution in [0.25, 0.3) is 0 Å². The number of thioether (sulfide) groups is 1. The Bertz CT molecular complexity index is 1840. The largest absolute Gasteiger partial charge is 0.459 e. The van der Waals surface area contributed by atoms with Gasteiger partial charge in [-0.1, -0.05) is 124 Å². The molecule has 4 aromatic rings. The molecule has 1 saturated carbocycles. The zero-order valence-electron chi connectivity index (χ0n) is 31.4. The van der Waals surface area contributed by atoms with E-state index in [1.54, 1.807) is 91.0 Å². The molecule has 1 aliphatic heterocycles. The highest BCUT2D eigenvalue weighted by Crippen LogP contribution is 2.37. The number of ether oxygens (including phenoxy) is 6. The predicted molar refractivity (Wildman–Crippen MR) is 211 cm³/mol. The normalized spacial score (nSPS) is 21.6. The second-order valence-corrected chi connectivity index (χ2v) is 15.2. The number of rotatable bonds is 16. The lowest BCUT2D eigenvalue weighted by atomic mass is 9.85. The van der Waals surface area contributed by atoms with E-state index in [9.17, 15) is 19.2 Å². The zero-order valence-corrected chi connectivity index (χ0v) is 32.3. The van der Waals surface area contributed by atoms with Crippen molar-refractivity contribution in [1.29, 1.82) is 0 Å². The van der Waals surface area contributed by atoms with Crippen LogP contribution in [-0.4, -0.2) is 72.2 Å². The smallest absolute Gasteiger partial charge is 0.338 e. The summed E-state index contributed by atoms with van der Waals surface area (Å²) in [6.45, 7) is 1.63. The van der Waals surface area contributed by atoms with Gasteiger partial charge < -0.3 is 28.4 Å². The van der Waals surface area contributed by atoms with Gasteiger partial charge in [-0.15, -0.1) is 11.8 Å². The van der Waals surface area contributed by atoms with E-state index in [1.807, 2.05) is 37.3 Å². The second kappa shape index (κ2) is 20.8. The molecule has 1 heterocycles. The SMILES string of the molecule is CCSC1OC(COC(=O)c2ccccc2)[C@H](OC(=O)c2ccccc2)C(O[C@@H](CC2CCCCC2)C(=O)OCc2ccccc2)C1OC(=O)c1ccccc1. The topological polar surface area (TPSA) is 124 Å². The van der Waals surface area contributed by atoms with Crippen molar-refractivity contribution < 1.29 is 47.6 Å². The third-order valence-electron chi connectivity index (χ3n) is 9.90. The fraction of sp³-hybridized carbons (Fsp3) is 0.378. The Morgan fingerprint density at radius 2 is 1.16 bits per heavy atom. The molecule has 10 nitrogen and oxygen atoms in total. The van der Waals surface area contributed by atoms with Gasteiger partial charge in [0.25, 0.3) is 0 Å². The monoisotopic (exact) mass is 780 g/mol. The van der Waals surface area contributed by atoms with Crippen molar-refractivity contribution in [3.63, 3.8) is 0 Å². The van der Waals surface area contributed by atoms with Crippen LogP contribution in [0.3, 0.4) is 0 Å². The van der Waals surface area contributed by atoms with Crippen LogP contribution in [-0.2, 0) is 39.8 Å². The van der Waals surface area contributed by atoms with Gasteiger partial charge >= 0.3 is 23.9 Å². The summed E-state index contributed by atoms with van der Waals surface area (Å²) in [5.74, 6) is -1.80. The molecule has 0 N–H and O–H groups in total. The lowest BCUT2D eigenvalue weighted by Crippen LogP contribution is -2.62. The van der Waals surface area contributed by atoms with Crippen molar-refractivity contribution in [1.82, 2.24) is 0 Å². The number of benzene rings is 4. The van der Waals surface area contributed by atoms with Gasteiger partial charge in [-0.25, -0.2) is 19.2 Å². The van der Waals surface area contributed by atoms with Gasteiger partial charge in [0.15, 0.2) is 18.3 Å². The highest BCUT2D eigenvalue weighted by atomic mass is 32.2. The summed E-state index contributed by atoms with van der Waals surface area (Å²) >= 11 is 1.36. The first kappa shape index (κ1) is 40.7. The molecule has 4 unspecified atom stereocenters. The summed E-state index contributed by atoms with van der Waals surface area (Å²) in [6, 6.07) is 34.8. The molecule has 0 aromatic heterocycles. The van der Waals surface area contributed by atoms with Crippen LogP contribution < -0.4 is 0 Å². The maximum atomic E-state index is 14.2. The number of carbonyl (C=O) groups is 4. The molecule has 2 aliphatic rings. The Morgan fingerprint density at radius 3 is 1.71 bits per heavy atom. The summed E-state index contributed by atoms with van der Waals surface area (Å²) in [5, 5.41) is 0. The average Bonchev–Trinajstić information content (AvgIpc) is 3.25. The lowest BCUT2D eigenvalue weighted by Gasteiger charge is -2.45. The van der Waals surface area contributed by atoms with E-state index in [2.05, 4.69) is 0 Å². The number of hydrogen-bond acceptors (Lipinski definition) is 11. The predicted octanol–water partition coefficient (Wildman–Crippen LogP) is 8.24. The van der Waals surface area contributed by atoms with E-state index in [-0.39, 0.29) is 24.7 Å². The Kier molecular flexibility index (Phi) is 15.1. The minimum absolute atomic E-state index is 0.0309. The molecule has 0 radical (unpaired) electrons. The highest BCUT2D eigenvalue weighted by molar-refractivity contribution is 7.99. The van der Waals surface area contributed by atoms with Gasteiger partial charge in [0.1, 0.15) is 30.9 Å². The van der Waals surface area contributed by atoms with E-state index in [4.69, 9.17) is 28.4 Å². The lowest BCUT2D eigenvalue weighted by molar-refractivity contribution is -0.235. The van der Waals surface area contributed by atoms with Gasteiger partial charge in [0.2, 0.25) is 0 Å². The number of esters is 4. The highest BCUT2D eigenvalue weighted by Gasteiger charge is 2.53. The Balaban J connectivity index is 1.38. The summed E-state index contributed by atoms with van der Waals surface area (Å²) in [4.78, 5) is 55.0. The zero-order chi connectivity index (χ0) is 39.1. The Hall–Kier alpha value is -4.97. The minimum atomic E-state index is -1.30. The van der Waals surface area contributed by atoms with Crippen LogP contribution >= 0.6 is 11.8 Å². The van der Waals surface area contributed by atoms with Crippen molar-refractivity contribution in [3.05, 3.63) is 144 Å². The Morgan fingerprint density at radius 1 is 0.643 bits per heavy atom. The van der Waals surface area contributed by atoms with Crippen LogP contribution in [0, 0.1) is 5.92 Å². The van der Waals surface area contributed by atoms with Crippen LogP contribution in [0.15, 0.2) is 121 Å². The van der Waals surface area contributed by atoms with Crippen molar-refractivity contribution in [2.75, 3.05) is 12.4 Å². The fourth-order valence-corrected chi connectivity index (χ4v) is 7.97. The van der Waals surface area contributed by atoms with Gasteiger partial charge in [-0.05, 0) is 60.1 Å². The first-order chi connectivity index (χ1) is 27.4. The van der Waals surface area contributed by atoms with E-state index in [0.717, 1.165) is 37.7 Å². The summed E-state index contributed by atoms with van der Waals surface area (Å²) < 4.78 is 37.6. The van der Waals surface area contributed by atoms with E-state index in [0.29, 0.717) is 23.3 Å². The van der Waals surface area contributed by atoms with E-state index in [1.165, 1.54) is 11.8 Å². The summed E-state index contributed by atoms with van der Waals surface area (Å²) in [6.07, 6.45) is -0.521. The summed E-state index contributed by atoms with van der Waals surface area (Å²) in [7, 11) is 0. The maximum Gasteiger partial charge on any atom is 0.338 e. The van der Waals surface area contributed by atoms with Crippen molar-refractivity contribution in [2.45, 2.75) is 88.0 Å². The third-order valence-corrected chi connectivity index (χ3v) is 10.9. The molecular formula is C45H48O10S. The minimum Gasteiger partial charge on any atom is -0.459 e. The van der Waals surface area contributed by atoms with Crippen LogP contribution in [0.5, 0.6) is 0 Å². The van der Waals surface area contributed by atoms with Gasteiger partial charge in [0.05, 0.1) is 16.7 Å². The van der Waals surface area contributed by atoms with E-state index < -0.39 is 59.8 Å².